The summed E-state index contributed by atoms with van der Waals surface area (Å²) < 4.78 is 0. The summed E-state index contributed by atoms with van der Waals surface area (Å²) in [6.07, 6.45) is 7.72. The summed E-state index contributed by atoms with van der Waals surface area (Å²) in [6, 6.07) is 16.2. The van der Waals surface area contributed by atoms with Gasteiger partial charge in [0.15, 0.2) is 5.69 Å². The molecule has 3 heterocycles. The quantitative estimate of drug-likeness (QED) is 0.328. The molecule has 35 heavy (non-hydrogen) atoms. The van der Waals surface area contributed by atoms with E-state index >= 15 is 0 Å². The Hall–Kier alpha value is -4.04. The van der Waals surface area contributed by atoms with Crippen LogP contribution in [0.4, 0.5) is 17.2 Å². The van der Waals surface area contributed by atoms with Gasteiger partial charge in [-0.05, 0) is 55.7 Å². The molecule has 1 aromatic carbocycles. The molecule has 5 rings (SSSR count). The van der Waals surface area contributed by atoms with Crippen molar-refractivity contribution in [3.63, 3.8) is 0 Å². The smallest absolute Gasteiger partial charge is 0.269 e. The van der Waals surface area contributed by atoms with E-state index in [1.54, 1.807) is 12.4 Å². The van der Waals surface area contributed by atoms with E-state index in [0.717, 1.165) is 59.1 Å². The molecule has 8 heteroatoms. The highest BCUT2D eigenvalue weighted by atomic mass is 16.1. The first-order chi connectivity index (χ1) is 17.0. The lowest BCUT2D eigenvalue weighted by Crippen LogP contribution is -2.42. The van der Waals surface area contributed by atoms with Crippen molar-refractivity contribution in [1.29, 1.82) is 0 Å². The van der Waals surface area contributed by atoms with Gasteiger partial charge >= 0.3 is 0 Å². The van der Waals surface area contributed by atoms with Gasteiger partial charge in [-0.25, -0.2) is 9.97 Å². The third-order valence-corrected chi connectivity index (χ3v) is 6.56. The van der Waals surface area contributed by atoms with Crippen LogP contribution < -0.4 is 22.1 Å². The van der Waals surface area contributed by atoms with E-state index in [1.165, 1.54) is 0 Å². The summed E-state index contributed by atoms with van der Waals surface area (Å²) in [5.41, 5.74) is 17.2. The number of aromatic nitrogens is 3. The Labute approximate surface area is 204 Å². The minimum Gasteiger partial charge on any atom is -0.379 e. The lowest BCUT2D eigenvalue weighted by molar-refractivity contribution is 0.0996. The number of hydrogen-bond acceptors (Lipinski definition) is 7. The zero-order valence-electron chi connectivity index (χ0n) is 19.7. The fourth-order valence-corrected chi connectivity index (χ4v) is 4.70. The van der Waals surface area contributed by atoms with Crippen LogP contribution in [0.5, 0.6) is 0 Å². The summed E-state index contributed by atoms with van der Waals surface area (Å²) >= 11 is 0. The van der Waals surface area contributed by atoms with E-state index in [0.29, 0.717) is 11.5 Å². The predicted octanol–water partition coefficient (Wildman–Crippen LogP) is 4.52. The summed E-state index contributed by atoms with van der Waals surface area (Å²) in [7, 11) is 0. The zero-order chi connectivity index (χ0) is 24.4. The maximum absolute atomic E-state index is 12.0. The second-order valence-corrected chi connectivity index (χ2v) is 9.05. The van der Waals surface area contributed by atoms with Crippen LogP contribution in [0, 0.1) is 6.92 Å². The summed E-state index contributed by atoms with van der Waals surface area (Å²) in [6.45, 7) is 1.96. The Morgan fingerprint density at radius 1 is 1.06 bits per heavy atom. The molecule has 1 fully saturated rings. The Bertz CT molecular complexity index is 1390. The van der Waals surface area contributed by atoms with Crippen LogP contribution in [0.2, 0.25) is 0 Å². The van der Waals surface area contributed by atoms with Gasteiger partial charge in [-0.2, -0.15) is 0 Å². The minimum absolute atomic E-state index is 0.0955. The van der Waals surface area contributed by atoms with Crippen molar-refractivity contribution >= 4 is 34.0 Å². The number of pyridine rings is 3. The van der Waals surface area contributed by atoms with Gasteiger partial charge in [0.05, 0.1) is 23.1 Å². The highest BCUT2D eigenvalue weighted by Crippen LogP contribution is 2.29. The second kappa shape index (κ2) is 9.68. The summed E-state index contributed by atoms with van der Waals surface area (Å²) in [5, 5.41) is 7.80. The van der Waals surface area contributed by atoms with Gasteiger partial charge < -0.3 is 22.1 Å². The van der Waals surface area contributed by atoms with Crippen molar-refractivity contribution in [2.45, 2.75) is 44.7 Å². The molecule has 0 bridgehead atoms. The molecular formula is C27H29N7O. The van der Waals surface area contributed by atoms with Gasteiger partial charge in [-0.15, -0.1) is 0 Å². The van der Waals surface area contributed by atoms with Gasteiger partial charge in [-0.3, -0.25) is 9.78 Å². The molecule has 3 aromatic heterocycles. The van der Waals surface area contributed by atoms with Gasteiger partial charge in [0, 0.05) is 34.9 Å². The first-order valence-electron chi connectivity index (χ1n) is 11.9. The molecule has 2 atom stereocenters. The van der Waals surface area contributed by atoms with Crippen LogP contribution in [-0.2, 0) is 0 Å². The number of anilines is 3. The lowest BCUT2D eigenvalue weighted by atomic mass is 9.91. The number of primary amides is 1. The van der Waals surface area contributed by atoms with Crippen molar-refractivity contribution in [2.24, 2.45) is 11.5 Å². The Morgan fingerprint density at radius 2 is 1.91 bits per heavy atom. The van der Waals surface area contributed by atoms with E-state index in [9.17, 15) is 4.79 Å². The van der Waals surface area contributed by atoms with Crippen molar-refractivity contribution < 1.29 is 4.79 Å². The number of benzene rings is 1. The lowest BCUT2D eigenvalue weighted by Gasteiger charge is -2.30. The number of nitrogens with zero attached hydrogens (tertiary/aromatic N) is 3. The number of carbonyl (C=O) groups is 1. The van der Waals surface area contributed by atoms with Gasteiger partial charge in [0.1, 0.15) is 5.82 Å². The molecule has 178 valence electrons. The Morgan fingerprint density at radius 3 is 2.71 bits per heavy atom. The second-order valence-electron chi connectivity index (χ2n) is 9.05. The maximum Gasteiger partial charge on any atom is 0.269 e. The molecule has 0 aliphatic heterocycles. The van der Waals surface area contributed by atoms with Gasteiger partial charge in [0.25, 0.3) is 5.91 Å². The van der Waals surface area contributed by atoms with Crippen molar-refractivity contribution in [3.8, 4) is 11.1 Å². The van der Waals surface area contributed by atoms with Crippen LogP contribution in [0.25, 0.3) is 22.0 Å². The van der Waals surface area contributed by atoms with E-state index in [-0.39, 0.29) is 17.8 Å². The number of aryl methyl sites for hydroxylation is 1. The number of fused-ring (bicyclic) bond motifs is 1. The third kappa shape index (κ3) is 4.93. The topological polar surface area (TPSA) is 132 Å². The molecule has 1 aliphatic carbocycles. The highest BCUT2D eigenvalue weighted by Gasteiger charge is 2.22. The van der Waals surface area contributed by atoms with E-state index < -0.39 is 5.91 Å². The molecule has 0 spiro atoms. The maximum atomic E-state index is 12.0. The van der Waals surface area contributed by atoms with Gasteiger partial charge in [0.2, 0.25) is 0 Å². The van der Waals surface area contributed by atoms with E-state index in [2.05, 4.69) is 38.8 Å². The van der Waals surface area contributed by atoms with E-state index in [4.69, 9.17) is 16.5 Å². The normalized spacial score (nSPS) is 17.8. The van der Waals surface area contributed by atoms with Crippen LogP contribution in [0.3, 0.4) is 0 Å². The standard InChI is InChI=1S/C27H29N7O/c1-16-20(18-9-8-17-5-4-12-30-23(17)13-18)10-11-25(32-16)34-24-14-19(15-31-26(24)27(29)35)33-22-7-3-2-6-21(22)28/h4-5,8-15,21-22,33H,2-3,6-7,28H2,1H3,(H2,29,35)(H,32,34)/t21-,22+/m0/s1. The largest absolute Gasteiger partial charge is 0.379 e. The van der Waals surface area contributed by atoms with Gasteiger partial charge in [-0.1, -0.05) is 31.0 Å². The number of amides is 1. The first kappa shape index (κ1) is 22.7. The fourth-order valence-electron chi connectivity index (χ4n) is 4.70. The molecule has 0 unspecified atom stereocenters. The molecular weight excluding hydrogens is 438 g/mol. The van der Waals surface area contributed by atoms with Crippen LogP contribution >= 0.6 is 0 Å². The molecule has 1 amide bonds. The van der Waals surface area contributed by atoms with E-state index in [1.807, 2.05) is 37.3 Å². The summed E-state index contributed by atoms with van der Waals surface area (Å²) in [5.74, 6) is -0.00796. The van der Waals surface area contributed by atoms with Crippen LogP contribution in [0.1, 0.15) is 41.9 Å². The molecule has 1 saturated carbocycles. The zero-order valence-corrected chi connectivity index (χ0v) is 19.7. The monoisotopic (exact) mass is 467 g/mol. The van der Waals surface area contributed by atoms with Crippen molar-refractivity contribution in [1.82, 2.24) is 15.0 Å². The number of rotatable bonds is 6. The molecule has 1 aliphatic rings. The van der Waals surface area contributed by atoms with Crippen LogP contribution in [-0.4, -0.2) is 32.9 Å². The fraction of sp³-hybridized carbons (Fsp3) is 0.259. The molecule has 4 aromatic rings. The van der Waals surface area contributed by atoms with Crippen molar-refractivity contribution in [2.75, 3.05) is 10.6 Å². The number of nitrogens with two attached hydrogens (primary N) is 2. The average molecular weight is 468 g/mol. The Kier molecular flexibility index (Phi) is 6.29. The predicted molar refractivity (Wildman–Crippen MR) is 140 cm³/mol. The average Bonchev–Trinajstić information content (AvgIpc) is 2.85. The summed E-state index contributed by atoms with van der Waals surface area (Å²) in [4.78, 5) is 25.5. The first-order valence-corrected chi connectivity index (χ1v) is 11.9. The van der Waals surface area contributed by atoms with Crippen molar-refractivity contribution in [3.05, 3.63) is 72.3 Å². The number of hydrogen-bond donors (Lipinski definition) is 4. The molecule has 0 radical (unpaired) electrons. The molecule has 8 nitrogen and oxygen atoms in total. The number of carbonyl (C=O) groups excluding carboxylic acids is 1. The minimum atomic E-state index is -0.606. The third-order valence-electron chi connectivity index (χ3n) is 6.56. The SMILES string of the molecule is Cc1nc(Nc2cc(N[C@@H]3CCCC[C@@H]3N)cnc2C(N)=O)ccc1-c1ccc2cccnc2c1. The van der Waals surface area contributed by atoms with Crippen LogP contribution in [0.15, 0.2) is 60.9 Å². The highest BCUT2D eigenvalue weighted by molar-refractivity contribution is 5.97. The molecule has 6 N–H and O–H groups in total. The Balaban J connectivity index is 1.41. The molecule has 0 saturated heterocycles. The number of nitrogens with one attached hydrogen (secondary N) is 2.